The third-order valence-corrected chi connectivity index (χ3v) is 1.85. The minimum absolute atomic E-state index is 0.309. The van der Waals surface area contributed by atoms with Crippen LogP contribution in [0.5, 0.6) is 0 Å². The van der Waals surface area contributed by atoms with E-state index in [0.29, 0.717) is 11.8 Å². The Hall–Kier alpha value is 1.07. The second-order valence-electron chi connectivity index (χ2n) is 2.30. The van der Waals surface area contributed by atoms with Crippen LogP contribution in [0.4, 0.5) is 0 Å². The van der Waals surface area contributed by atoms with Gasteiger partial charge in [-0.15, -0.1) is 0 Å². The van der Waals surface area contributed by atoms with Crippen LogP contribution < -0.4 is 0 Å². The zero-order chi connectivity index (χ0) is 10.5. The molecule has 0 rings (SSSR count). The average Bonchev–Trinajstić information content (AvgIpc) is 2.20. The molecule has 0 N–H and O–H groups in total. The van der Waals surface area contributed by atoms with E-state index in [2.05, 4.69) is 10.6 Å². The fourth-order valence-electron chi connectivity index (χ4n) is 0.578. The normalized spacial score (nSPS) is 11.8. The first kappa shape index (κ1) is 16.5. The number of hydrogen-bond donors (Lipinski definition) is 0. The van der Waals surface area contributed by atoms with Crippen molar-refractivity contribution in [2.24, 2.45) is 0 Å². The molecule has 0 amide bonds. The molecule has 0 aliphatic heterocycles. The Kier molecular flexibility index (Phi) is 19.7. The van der Waals surface area contributed by atoms with Crippen LogP contribution >= 0.6 is 0 Å². The van der Waals surface area contributed by atoms with Crippen molar-refractivity contribution in [2.45, 2.75) is 13.0 Å². The van der Waals surface area contributed by atoms with E-state index in [1.54, 1.807) is 0 Å². The quantitative estimate of drug-likeness (QED) is 0.522. The zero-order valence-electron chi connectivity index (χ0n) is 7.61. The van der Waals surface area contributed by atoms with Crippen LogP contribution in [0.2, 0.25) is 0 Å². The van der Waals surface area contributed by atoms with Crippen LogP contribution in [-0.4, -0.2) is 37.2 Å². The van der Waals surface area contributed by atoms with Gasteiger partial charge in [-0.3, -0.25) is 0 Å². The van der Waals surface area contributed by atoms with Crippen LogP contribution in [0.1, 0.15) is 6.92 Å². The molecule has 0 aromatic carbocycles. The molecule has 1 atom stereocenters. The van der Waals surface area contributed by atoms with Crippen LogP contribution in [0.15, 0.2) is 0 Å². The molecule has 13 heavy (non-hydrogen) atoms. The second-order valence-corrected chi connectivity index (χ2v) is 3.04. The Bertz CT molecular complexity index is 101. The summed E-state index contributed by atoms with van der Waals surface area (Å²) in [7, 11) is 0. The molecule has 0 radical (unpaired) electrons. The van der Waals surface area contributed by atoms with Crippen molar-refractivity contribution in [2.75, 3.05) is 31.1 Å². The van der Waals surface area contributed by atoms with E-state index in [4.69, 9.17) is 28.8 Å². The Morgan fingerprint density at radius 2 is 1.85 bits per heavy atom. The third-order valence-electron chi connectivity index (χ3n) is 1.19. The molecule has 1 unspecified atom stereocenters. The van der Waals surface area contributed by atoms with Crippen molar-refractivity contribution in [1.82, 2.24) is 0 Å². The van der Waals surface area contributed by atoms with E-state index in [-0.39, 0.29) is 0 Å². The van der Waals surface area contributed by atoms with Gasteiger partial charge in [0.05, 0.1) is 0 Å². The SMILES string of the molecule is CC(C[S-])[N-]CC[N-]CC[S-].[O]=[Tc+4]. The molecule has 3 nitrogen and oxygen atoms in total. The molecule has 0 bridgehead atoms. The summed E-state index contributed by atoms with van der Waals surface area (Å²) in [6.07, 6.45) is 0. The molecule has 0 aromatic rings. The number of rotatable bonds is 7. The molecule has 0 aromatic heterocycles. The predicted octanol–water partition coefficient (Wildman–Crippen LogP) is 1.09. The standard InChI is InChI=1S/C7H16N2S2.O.Tc/c1-7(6-11)9-3-2-8-4-5-10;;/h7,10-11H,2-6H2,1H3;;/q-2;;+4/p-2. The zero-order valence-corrected chi connectivity index (χ0v) is 11.1. The van der Waals surface area contributed by atoms with Crippen molar-refractivity contribution in [1.29, 1.82) is 0 Å². The van der Waals surface area contributed by atoms with Gasteiger partial charge in [-0.25, -0.2) is 0 Å². The summed E-state index contributed by atoms with van der Waals surface area (Å²) in [6.45, 7) is 4.41. The molecule has 0 spiro atoms. The monoisotopic (exact) mass is 303 g/mol. The van der Waals surface area contributed by atoms with Crippen LogP contribution in [-0.2, 0) is 47.6 Å². The van der Waals surface area contributed by atoms with Crippen molar-refractivity contribution in [3.05, 3.63) is 10.6 Å². The summed E-state index contributed by atoms with van der Waals surface area (Å²) in [5.41, 5.74) is 0. The van der Waals surface area contributed by atoms with Gasteiger partial charge in [0.2, 0.25) is 0 Å². The summed E-state index contributed by atoms with van der Waals surface area (Å²) in [6, 6.07) is 0.309. The van der Waals surface area contributed by atoms with E-state index in [1.165, 1.54) is 0 Å². The van der Waals surface area contributed by atoms with Gasteiger partial charge in [0, 0.05) is 0 Å². The van der Waals surface area contributed by atoms with Gasteiger partial charge in [0.15, 0.2) is 0 Å². The third kappa shape index (κ3) is 15.8. The molecular formula is C7H14N2OS2Tc. The topological polar surface area (TPSA) is 45.3 Å². The molecular weight excluding hydrogens is 290 g/mol. The Morgan fingerprint density at radius 3 is 2.31 bits per heavy atom. The minimum atomic E-state index is 0.309. The van der Waals surface area contributed by atoms with Gasteiger partial charge >= 0.3 is 22.4 Å². The second kappa shape index (κ2) is 15.5. The van der Waals surface area contributed by atoms with Gasteiger partial charge in [0.25, 0.3) is 0 Å². The predicted molar refractivity (Wildman–Crippen MR) is 55.9 cm³/mol. The van der Waals surface area contributed by atoms with Crippen molar-refractivity contribution >= 4 is 25.3 Å². The van der Waals surface area contributed by atoms with E-state index < -0.39 is 0 Å². The molecule has 0 saturated carbocycles. The Balaban J connectivity index is 0. The van der Waals surface area contributed by atoms with Gasteiger partial charge in [-0.1, -0.05) is 6.92 Å². The molecule has 6 heteroatoms. The van der Waals surface area contributed by atoms with Crippen molar-refractivity contribution < 1.29 is 22.4 Å². The first-order valence-corrected chi connectivity index (χ1v) is 5.84. The van der Waals surface area contributed by atoms with Gasteiger partial charge in [0.1, 0.15) is 0 Å². The fourth-order valence-corrected chi connectivity index (χ4v) is 0.812. The van der Waals surface area contributed by atoms with Gasteiger partial charge < -0.3 is 35.9 Å². The molecule has 0 saturated heterocycles. The summed E-state index contributed by atoms with van der Waals surface area (Å²) in [5.74, 6) is 1.43. The summed E-state index contributed by atoms with van der Waals surface area (Å²) >= 11 is 10.5. The maximum atomic E-state index is 8.22. The number of nitrogens with zero attached hydrogens (tertiary/aromatic N) is 2. The fraction of sp³-hybridized carbons (Fsp3) is 1.00. The van der Waals surface area contributed by atoms with Gasteiger partial charge in [-0.05, 0) is 0 Å². The molecule has 0 aliphatic rings. The Morgan fingerprint density at radius 1 is 1.23 bits per heavy atom. The first-order chi connectivity index (χ1) is 6.31. The summed E-state index contributed by atoms with van der Waals surface area (Å²) < 4.78 is 8.22. The first-order valence-electron chi connectivity index (χ1n) is 3.92. The number of hydrogen-bond acceptors (Lipinski definition) is 3. The van der Waals surface area contributed by atoms with E-state index in [0.717, 1.165) is 44.2 Å². The van der Waals surface area contributed by atoms with Crippen LogP contribution in [0.3, 0.4) is 0 Å². The average molecular weight is 304 g/mol. The molecule has 0 fully saturated rings. The summed E-state index contributed by atoms with van der Waals surface area (Å²) in [4.78, 5) is 0. The maximum absolute atomic E-state index is 8.22. The van der Waals surface area contributed by atoms with Crippen molar-refractivity contribution in [3.8, 4) is 0 Å². The van der Waals surface area contributed by atoms with Crippen LogP contribution in [0, 0.1) is 0 Å². The summed E-state index contributed by atoms with van der Waals surface area (Å²) in [5, 5.41) is 8.45. The van der Waals surface area contributed by atoms with E-state index in [9.17, 15) is 0 Å². The molecule has 0 aliphatic carbocycles. The molecule has 0 heterocycles. The molecule has 77 valence electrons. The Labute approximate surface area is 102 Å². The van der Waals surface area contributed by atoms with Crippen LogP contribution in [0.25, 0.3) is 10.6 Å². The van der Waals surface area contributed by atoms with Gasteiger partial charge in [-0.2, -0.15) is 37.2 Å². The van der Waals surface area contributed by atoms with E-state index >= 15 is 0 Å². The van der Waals surface area contributed by atoms with E-state index in [1.807, 2.05) is 6.92 Å². The van der Waals surface area contributed by atoms with Crippen molar-refractivity contribution in [3.63, 3.8) is 0 Å².